The SMILES string of the molecule is CCCc1nc(SCC(=O)NC(C)c2cccc3ccccc23)n[nH]1. The summed E-state index contributed by atoms with van der Waals surface area (Å²) in [6.45, 7) is 4.11. The molecule has 0 aliphatic carbocycles. The molecule has 6 heteroatoms. The van der Waals surface area contributed by atoms with E-state index in [0.29, 0.717) is 10.9 Å². The Morgan fingerprint density at radius 3 is 2.88 bits per heavy atom. The molecule has 1 aromatic heterocycles. The van der Waals surface area contributed by atoms with Crippen LogP contribution in [0.5, 0.6) is 0 Å². The number of carbonyl (C=O) groups is 1. The summed E-state index contributed by atoms with van der Waals surface area (Å²) in [4.78, 5) is 16.6. The summed E-state index contributed by atoms with van der Waals surface area (Å²) in [7, 11) is 0. The number of carbonyl (C=O) groups excluding carboxylic acids is 1. The van der Waals surface area contributed by atoms with Crippen LogP contribution in [-0.2, 0) is 11.2 Å². The first-order valence-electron chi connectivity index (χ1n) is 8.48. The van der Waals surface area contributed by atoms with Crippen LogP contribution in [0, 0.1) is 0 Å². The molecule has 1 heterocycles. The summed E-state index contributed by atoms with van der Waals surface area (Å²) < 4.78 is 0. The minimum Gasteiger partial charge on any atom is -0.349 e. The lowest BCUT2D eigenvalue weighted by atomic mass is 10.00. The molecule has 0 spiro atoms. The van der Waals surface area contributed by atoms with Crippen molar-refractivity contribution >= 4 is 28.4 Å². The Morgan fingerprint density at radius 2 is 2.04 bits per heavy atom. The number of rotatable bonds is 7. The van der Waals surface area contributed by atoms with Crippen LogP contribution < -0.4 is 5.32 Å². The van der Waals surface area contributed by atoms with Gasteiger partial charge < -0.3 is 5.32 Å². The summed E-state index contributed by atoms with van der Waals surface area (Å²) in [5.74, 6) is 1.15. The number of nitrogens with zero attached hydrogens (tertiary/aromatic N) is 2. The van der Waals surface area contributed by atoms with Crippen molar-refractivity contribution in [2.24, 2.45) is 0 Å². The van der Waals surface area contributed by atoms with E-state index in [0.717, 1.165) is 24.2 Å². The number of amides is 1. The second kappa shape index (κ2) is 8.16. The zero-order valence-electron chi connectivity index (χ0n) is 14.5. The summed E-state index contributed by atoms with van der Waals surface area (Å²) in [6, 6.07) is 14.3. The number of benzene rings is 2. The van der Waals surface area contributed by atoms with Gasteiger partial charge in [-0.3, -0.25) is 9.89 Å². The van der Waals surface area contributed by atoms with E-state index < -0.39 is 0 Å². The van der Waals surface area contributed by atoms with E-state index in [2.05, 4.69) is 51.7 Å². The summed E-state index contributed by atoms with van der Waals surface area (Å²) in [5, 5.41) is 13.1. The molecule has 0 aliphatic rings. The van der Waals surface area contributed by atoms with Gasteiger partial charge in [-0.1, -0.05) is 61.2 Å². The molecule has 0 saturated carbocycles. The van der Waals surface area contributed by atoms with Crippen LogP contribution in [0.15, 0.2) is 47.6 Å². The quantitative estimate of drug-likeness (QED) is 0.632. The maximum absolute atomic E-state index is 12.3. The number of aryl methyl sites for hydroxylation is 1. The zero-order valence-corrected chi connectivity index (χ0v) is 15.3. The van der Waals surface area contributed by atoms with Crippen LogP contribution in [0.1, 0.15) is 37.7 Å². The molecule has 1 atom stereocenters. The Bertz CT molecular complexity index is 856. The zero-order chi connectivity index (χ0) is 17.6. The topological polar surface area (TPSA) is 70.7 Å². The summed E-state index contributed by atoms with van der Waals surface area (Å²) in [6.07, 6.45) is 1.89. The van der Waals surface area contributed by atoms with E-state index in [1.807, 2.05) is 25.1 Å². The number of H-pyrrole nitrogens is 1. The van der Waals surface area contributed by atoms with Crippen molar-refractivity contribution < 1.29 is 4.79 Å². The molecule has 25 heavy (non-hydrogen) atoms. The molecule has 0 aliphatic heterocycles. The van der Waals surface area contributed by atoms with Crippen LogP contribution in [0.25, 0.3) is 10.8 Å². The third kappa shape index (κ3) is 4.39. The van der Waals surface area contributed by atoms with Gasteiger partial charge in [-0.05, 0) is 29.7 Å². The van der Waals surface area contributed by atoms with Gasteiger partial charge in [-0.15, -0.1) is 5.10 Å². The molecule has 3 aromatic rings. The van der Waals surface area contributed by atoms with Crippen LogP contribution in [0.4, 0.5) is 0 Å². The third-order valence-corrected chi connectivity index (χ3v) is 4.85. The van der Waals surface area contributed by atoms with Crippen molar-refractivity contribution in [1.29, 1.82) is 0 Å². The predicted octanol–water partition coefficient (Wildman–Crippen LogP) is 3.88. The van der Waals surface area contributed by atoms with E-state index in [-0.39, 0.29) is 11.9 Å². The number of aromatic amines is 1. The first-order valence-corrected chi connectivity index (χ1v) is 9.47. The van der Waals surface area contributed by atoms with Gasteiger partial charge in [0, 0.05) is 6.42 Å². The average Bonchev–Trinajstić information content (AvgIpc) is 3.07. The van der Waals surface area contributed by atoms with Crippen LogP contribution in [-0.4, -0.2) is 26.8 Å². The van der Waals surface area contributed by atoms with E-state index in [1.165, 1.54) is 22.5 Å². The maximum Gasteiger partial charge on any atom is 0.230 e. The fourth-order valence-corrected chi connectivity index (χ4v) is 3.44. The van der Waals surface area contributed by atoms with Gasteiger partial charge in [0.25, 0.3) is 0 Å². The second-order valence-electron chi connectivity index (χ2n) is 5.96. The smallest absolute Gasteiger partial charge is 0.230 e. The Labute approximate surface area is 151 Å². The Morgan fingerprint density at radius 1 is 1.24 bits per heavy atom. The van der Waals surface area contributed by atoms with Gasteiger partial charge in [-0.25, -0.2) is 4.98 Å². The van der Waals surface area contributed by atoms with E-state index in [1.54, 1.807) is 0 Å². The Hall–Kier alpha value is -2.34. The summed E-state index contributed by atoms with van der Waals surface area (Å²) >= 11 is 1.35. The van der Waals surface area contributed by atoms with Gasteiger partial charge in [-0.2, -0.15) is 0 Å². The number of hydrogen-bond donors (Lipinski definition) is 2. The minimum atomic E-state index is -0.0537. The van der Waals surface area contributed by atoms with Crippen LogP contribution in [0.2, 0.25) is 0 Å². The molecule has 0 radical (unpaired) electrons. The van der Waals surface area contributed by atoms with Crippen molar-refractivity contribution in [3.05, 3.63) is 53.9 Å². The summed E-state index contributed by atoms with van der Waals surface area (Å²) in [5.41, 5.74) is 1.12. The van der Waals surface area contributed by atoms with Crippen molar-refractivity contribution in [2.75, 3.05) is 5.75 Å². The van der Waals surface area contributed by atoms with Crippen molar-refractivity contribution in [1.82, 2.24) is 20.5 Å². The van der Waals surface area contributed by atoms with Gasteiger partial charge in [0.1, 0.15) is 5.82 Å². The molecule has 2 N–H and O–H groups in total. The fourth-order valence-electron chi connectivity index (χ4n) is 2.81. The van der Waals surface area contributed by atoms with E-state index in [4.69, 9.17) is 0 Å². The Balaban J connectivity index is 1.60. The molecule has 0 bridgehead atoms. The molecule has 2 aromatic carbocycles. The lowest BCUT2D eigenvalue weighted by molar-refractivity contribution is -0.119. The predicted molar refractivity (Wildman–Crippen MR) is 102 cm³/mol. The van der Waals surface area contributed by atoms with Gasteiger partial charge in [0.2, 0.25) is 11.1 Å². The first-order chi connectivity index (χ1) is 12.2. The third-order valence-electron chi connectivity index (χ3n) is 4.00. The van der Waals surface area contributed by atoms with Crippen molar-refractivity contribution in [3.8, 4) is 0 Å². The number of thioether (sulfide) groups is 1. The lowest BCUT2D eigenvalue weighted by Gasteiger charge is -2.16. The number of fused-ring (bicyclic) bond motifs is 1. The fraction of sp³-hybridized carbons (Fsp3) is 0.316. The lowest BCUT2D eigenvalue weighted by Crippen LogP contribution is -2.28. The largest absolute Gasteiger partial charge is 0.349 e. The maximum atomic E-state index is 12.3. The van der Waals surface area contributed by atoms with E-state index >= 15 is 0 Å². The van der Waals surface area contributed by atoms with Crippen LogP contribution >= 0.6 is 11.8 Å². The van der Waals surface area contributed by atoms with Gasteiger partial charge in [0.05, 0.1) is 11.8 Å². The molecular formula is C19H22N4OS. The van der Waals surface area contributed by atoms with Gasteiger partial charge >= 0.3 is 0 Å². The Kier molecular flexibility index (Phi) is 5.71. The molecule has 5 nitrogen and oxygen atoms in total. The molecule has 1 amide bonds. The van der Waals surface area contributed by atoms with Crippen molar-refractivity contribution in [3.63, 3.8) is 0 Å². The second-order valence-corrected chi connectivity index (χ2v) is 6.90. The highest BCUT2D eigenvalue weighted by Gasteiger charge is 2.13. The molecule has 0 saturated heterocycles. The number of nitrogens with one attached hydrogen (secondary N) is 2. The number of hydrogen-bond acceptors (Lipinski definition) is 4. The number of aromatic nitrogens is 3. The first kappa shape index (κ1) is 17.5. The molecule has 3 rings (SSSR count). The van der Waals surface area contributed by atoms with Gasteiger partial charge in [0.15, 0.2) is 0 Å². The molecule has 1 unspecified atom stereocenters. The minimum absolute atomic E-state index is 0.0210. The molecule has 0 fully saturated rings. The van der Waals surface area contributed by atoms with E-state index in [9.17, 15) is 4.79 Å². The average molecular weight is 354 g/mol. The van der Waals surface area contributed by atoms with Crippen molar-refractivity contribution in [2.45, 2.75) is 37.9 Å². The monoisotopic (exact) mass is 354 g/mol. The standard InChI is InChI=1S/C19H22N4OS/c1-3-7-17-21-19(23-22-17)25-12-18(24)20-13(2)15-11-6-9-14-8-4-5-10-16(14)15/h4-6,8-11,13H,3,7,12H2,1-2H3,(H,20,24)(H,21,22,23). The van der Waals surface area contributed by atoms with Crippen LogP contribution in [0.3, 0.4) is 0 Å². The highest BCUT2D eigenvalue weighted by molar-refractivity contribution is 7.99. The highest BCUT2D eigenvalue weighted by atomic mass is 32.2. The molecule has 130 valence electrons. The normalized spacial score (nSPS) is 12.2. The highest BCUT2D eigenvalue weighted by Crippen LogP contribution is 2.24. The molecular weight excluding hydrogens is 332 g/mol.